The van der Waals surface area contributed by atoms with E-state index in [4.69, 9.17) is 27.9 Å². The van der Waals surface area contributed by atoms with Gasteiger partial charge >= 0.3 is 0 Å². The Labute approximate surface area is 198 Å². The largest absolute Gasteiger partial charge is 0.497 e. The molecule has 1 N–H and O–H groups in total. The molecule has 0 aliphatic rings. The van der Waals surface area contributed by atoms with Crippen molar-refractivity contribution < 1.29 is 14.3 Å². The summed E-state index contributed by atoms with van der Waals surface area (Å²) in [4.78, 5) is 30.7. The van der Waals surface area contributed by atoms with Crippen LogP contribution in [0, 0.1) is 11.3 Å². The van der Waals surface area contributed by atoms with E-state index in [0.717, 1.165) is 0 Å². The number of methoxy groups -OCH3 is 1. The molecule has 3 aromatic rings. The Morgan fingerprint density at radius 3 is 2.41 bits per heavy atom. The van der Waals surface area contributed by atoms with E-state index in [9.17, 15) is 14.9 Å². The maximum Gasteiger partial charge on any atom is 0.266 e. The van der Waals surface area contributed by atoms with E-state index in [-0.39, 0.29) is 27.2 Å². The summed E-state index contributed by atoms with van der Waals surface area (Å²) in [6.45, 7) is 1.42. The van der Waals surface area contributed by atoms with Crippen molar-refractivity contribution in [2.24, 2.45) is 0 Å². The minimum atomic E-state index is -0.685. The number of halogens is 2. The van der Waals surface area contributed by atoms with Crippen LogP contribution in [-0.2, 0) is 9.59 Å². The minimum Gasteiger partial charge on any atom is -0.497 e. The van der Waals surface area contributed by atoms with E-state index >= 15 is 0 Å². The quantitative estimate of drug-likeness (QED) is 0.356. The number of hydrogen-bond acceptors (Lipinski definition) is 6. The topological polar surface area (TPSA) is 95.3 Å². The van der Waals surface area contributed by atoms with Crippen LogP contribution >= 0.6 is 34.5 Å². The van der Waals surface area contributed by atoms with Gasteiger partial charge in [0.1, 0.15) is 17.4 Å². The molecule has 7 nitrogen and oxygen atoms in total. The van der Waals surface area contributed by atoms with E-state index in [0.29, 0.717) is 22.3 Å². The Bertz CT molecular complexity index is 1210. The van der Waals surface area contributed by atoms with E-state index in [1.807, 2.05) is 6.07 Å². The Balaban J connectivity index is 1.87. The molecular formula is C22H16Cl2N4O3S. The lowest BCUT2D eigenvalue weighted by Gasteiger charge is -2.18. The van der Waals surface area contributed by atoms with Gasteiger partial charge in [0.2, 0.25) is 5.91 Å². The third kappa shape index (κ3) is 5.26. The van der Waals surface area contributed by atoms with Crippen LogP contribution in [0.5, 0.6) is 5.75 Å². The lowest BCUT2D eigenvalue weighted by atomic mass is 10.2. The zero-order valence-corrected chi connectivity index (χ0v) is 19.3. The summed E-state index contributed by atoms with van der Waals surface area (Å²) in [6, 6.07) is 13.6. The van der Waals surface area contributed by atoms with E-state index < -0.39 is 5.91 Å². The minimum absolute atomic E-state index is 0.198. The van der Waals surface area contributed by atoms with Gasteiger partial charge in [-0.25, -0.2) is 4.98 Å². The molecule has 3 rings (SSSR count). The summed E-state index contributed by atoms with van der Waals surface area (Å²) in [7, 11) is 1.56. The SMILES string of the molecule is COc1ccc(N(C(C)=O)c2nc(/C=C(\C#N)C(=O)Nc3c(Cl)cccc3Cl)cs2)cc1. The molecule has 2 amide bonds. The van der Waals surface area contributed by atoms with Gasteiger partial charge in [-0.1, -0.05) is 29.3 Å². The smallest absolute Gasteiger partial charge is 0.266 e. The summed E-state index contributed by atoms with van der Waals surface area (Å²) >= 11 is 13.3. The predicted molar refractivity (Wildman–Crippen MR) is 127 cm³/mol. The molecule has 0 aliphatic heterocycles. The average Bonchev–Trinajstić information content (AvgIpc) is 3.22. The van der Waals surface area contributed by atoms with Crippen LogP contribution in [0.15, 0.2) is 53.4 Å². The second-order valence-electron chi connectivity index (χ2n) is 6.33. The van der Waals surface area contributed by atoms with Gasteiger partial charge in [-0.05, 0) is 42.5 Å². The number of carbonyl (C=O) groups is 2. The number of nitrogens with zero attached hydrogens (tertiary/aromatic N) is 3. The Morgan fingerprint density at radius 1 is 1.19 bits per heavy atom. The van der Waals surface area contributed by atoms with Crippen molar-refractivity contribution in [2.45, 2.75) is 6.92 Å². The molecule has 0 bridgehead atoms. The lowest BCUT2D eigenvalue weighted by Crippen LogP contribution is -2.22. The Hall–Kier alpha value is -3.38. The molecule has 0 saturated carbocycles. The summed E-state index contributed by atoms with van der Waals surface area (Å²) in [5.74, 6) is -0.273. The second kappa shape index (κ2) is 10.3. The van der Waals surface area contributed by atoms with E-state index in [2.05, 4.69) is 10.3 Å². The molecule has 0 aliphatic carbocycles. The van der Waals surface area contributed by atoms with E-state index in [1.165, 1.54) is 29.2 Å². The maximum absolute atomic E-state index is 12.6. The first-order valence-electron chi connectivity index (χ1n) is 9.11. The van der Waals surface area contributed by atoms with Gasteiger partial charge in [0, 0.05) is 12.3 Å². The highest BCUT2D eigenvalue weighted by Crippen LogP contribution is 2.32. The van der Waals surface area contributed by atoms with Crippen molar-refractivity contribution >= 4 is 68.9 Å². The van der Waals surface area contributed by atoms with Gasteiger partial charge in [0.15, 0.2) is 5.13 Å². The Kier molecular flexibility index (Phi) is 7.49. The monoisotopic (exact) mass is 486 g/mol. The number of benzene rings is 2. The number of nitriles is 1. The number of para-hydroxylation sites is 1. The molecule has 1 aromatic heterocycles. The molecule has 32 heavy (non-hydrogen) atoms. The number of rotatable bonds is 6. The number of amides is 2. The van der Waals surface area contributed by atoms with Crippen molar-refractivity contribution in [1.29, 1.82) is 5.26 Å². The molecule has 0 radical (unpaired) electrons. The predicted octanol–water partition coefficient (Wildman–Crippen LogP) is 5.69. The van der Waals surface area contributed by atoms with Crippen molar-refractivity contribution in [3.05, 3.63) is 69.2 Å². The maximum atomic E-state index is 12.6. The standard InChI is InChI=1S/C22H16Cl2N4O3S/c1-13(29)28(16-6-8-17(31-2)9-7-16)22-26-15(12-32-22)10-14(11-25)21(30)27-20-18(23)4-3-5-19(20)24/h3-10,12H,1-2H3,(H,27,30)/b14-10+. The highest BCUT2D eigenvalue weighted by Gasteiger charge is 2.19. The van der Waals surface area contributed by atoms with Crippen molar-refractivity contribution in [2.75, 3.05) is 17.3 Å². The van der Waals surface area contributed by atoms with Gasteiger partial charge in [0.05, 0.1) is 34.2 Å². The van der Waals surface area contributed by atoms with Crippen molar-refractivity contribution in [3.63, 3.8) is 0 Å². The molecule has 1 heterocycles. The summed E-state index contributed by atoms with van der Waals surface area (Å²) in [5.41, 5.74) is 0.969. The van der Waals surface area contributed by atoms with Gasteiger partial charge in [-0.15, -0.1) is 11.3 Å². The second-order valence-corrected chi connectivity index (χ2v) is 7.98. The van der Waals surface area contributed by atoms with E-state index in [1.54, 1.807) is 55.0 Å². The van der Waals surface area contributed by atoms with Crippen LogP contribution in [0.25, 0.3) is 6.08 Å². The lowest BCUT2D eigenvalue weighted by molar-refractivity contribution is -0.116. The fraction of sp³-hybridized carbons (Fsp3) is 0.0909. The molecule has 0 atom stereocenters. The third-order valence-electron chi connectivity index (χ3n) is 4.21. The highest BCUT2D eigenvalue weighted by molar-refractivity contribution is 7.14. The molecule has 0 fully saturated rings. The Morgan fingerprint density at radius 2 is 1.84 bits per heavy atom. The molecule has 2 aromatic carbocycles. The first-order valence-corrected chi connectivity index (χ1v) is 10.7. The van der Waals surface area contributed by atoms with Crippen LogP contribution in [0.2, 0.25) is 10.0 Å². The van der Waals surface area contributed by atoms with Crippen LogP contribution in [0.4, 0.5) is 16.5 Å². The average molecular weight is 487 g/mol. The third-order valence-corrected chi connectivity index (χ3v) is 5.68. The van der Waals surface area contributed by atoms with Crippen LogP contribution in [0.1, 0.15) is 12.6 Å². The molecule has 10 heteroatoms. The number of ether oxygens (including phenoxy) is 1. The normalized spacial score (nSPS) is 10.9. The van der Waals surface area contributed by atoms with Gasteiger partial charge in [-0.3, -0.25) is 14.5 Å². The summed E-state index contributed by atoms with van der Waals surface area (Å²) in [5, 5.41) is 14.5. The number of anilines is 3. The van der Waals surface area contributed by atoms with Gasteiger partial charge in [0.25, 0.3) is 5.91 Å². The molecule has 162 valence electrons. The summed E-state index contributed by atoms with van der Waals surface area (Å²) in [6.07, 6.45) is 1.33. The number of aromatic nitrogens is 1. The zero-order chi connectivity index (χ0) is 23.3. The number of nitrogens with one attached hydrogen (secondary N) is 1. The van der Waals surface area contributed by atoms with Crippen LogP contribution in [0.3, 0.4) is 0 Å². The van der Waals surface area contributed by atoms with Crippen LogP contribution < -0.4 is 15.0 Å². The fourth-order valence-electron chi connectivity index (χ4n) is 2.70. The highest BCUT2D eigenvalue weighted by atomic mass is 35.5. The summed E-state index contributed by atoms with van der Waals surface area (Å²) < 4.78 is 5.15. The number of hydrogen-bond donors (Lipinski definition) is 1. The molecule has 0 saturated heterocycles. The fourth-order valence-corrected chi connectivity index (χ4v) is 4.03. The van der Waals surface area contributed by atoms with Gasteiger partial charge in [-0.2, -0.15) is 5.26 Å². The first kappa shape index (κ1) is 23.3. The first-order chi connectivity index (χ1) is 15.3. The zero-order valence-electron chi connectivity index (χ0n) is 16.9. The number of carbonyl (C=O) groups excluding carboxylic acids is 2. The van der Waals surface area contributed by atoms with Crippen molar-refractivity contribution in [1.82, 2.24) is 4.98 Å². The molecule has 0 spiro atoms. The molecular weight excluding hydrogens is 471 g/mol. The van der Waals surface area contributed by atoms with Crippen molar-refractivity contribution in [3.8, 4) is 11.8 Å². The van der Waals surface area contributed by atoms with Gasteiger partial charge < -0.3 is 10.1 Å². The molecule has 0 unspecified atom stereocenters. The number of thiazole rings is 1. The van der Waals surface area contributed by atoms with Crippen LogP contribution in [-0.4, -0.2) is 23.9 Å².